The van der Waals surface area contributed by atoms with Gasteiger partial charge in [0, 0.05) is 42.9 Å². The van der Waals surface area contributed by atoms with Crippen LogP contribution < -0.4 is 29.3 Å². The second-order valence-corrected chi connectivity index (χ2v) is 7.80. The average molecular weight is 492 g/mol. The van der Waals surface area contributed by atoms with E-state index in [-0.39, 0.29) is 41.7 Å². The number of hydrogen-bond donors (Lipinski definition) is 1. The molecule has 1 aliphatic heterocycles. The molecule has 1 aliphatic rings. The molecule has 0 spiro atoms. The first kappa shape index (κ1) is 22.6. The number of hydrogen-bond acceptors (Lipinski definition) is 2. The van der Waals surface area contributed by atoms with Crippen molar-refractivity contribution < 1.29 is 38.0 Å². The average Bonchev–Trinajstić information content (AvgIpc) is 2.71. The number of amides is 1. The fourth-order valence-electron chi connectivity index (χ4n) is 3.81. The van der Waals surface area contributed by atoms with Gasteiger partial charge in [0.1, 0.15) is 0 Å². The van der Waals surface area contributed by atoms with Crippen LogP contribution in [0.1, 0.15) is 46.4 Å². The molecule has 1 N–H and O–H groups in total. The molecule has 0 radical (unpaired) electrons. The van der Waals surface area contributed by atoms with Crippen LogP contribution in [0, 0.1) is 0 Å². The Balaban J connectivity index is 0.00000280. The highest BCUT2D eigenvalue weighted by molar-refractivity contribution is 5.96. The second kappa shape index (κ2) is 10.7. The second-order valence-electron chi connectivity index (χ2n) is 7.80. The van der Waals surface area contributed by atoms with Crippen LogP contribution in [-0.2, 0) is 0 Å². The number of Topliss-reactive ketones (excluding diaryl/α,β-unsaturated/α-hetero) is 1. The molecular weight excluding hydrogens is 463 g/mol. The van der Waals surface area contributed by atoms with Gasteiger partial charge in [-0.25, -0.2) is 0 Å². The van der Waals surface area contributed by atoms with Gasteiger partial charge in [-0.1, -0.05) is 48.5 Å². The highest BCUT2D eigenvalue weighted by Crippen LogP contribution is 2.19. The van der Waals surface area contributed by atoms with Crippen LogP contribution >= 0.6 is 0 Å². The van der Waals surface area contributed by atoms with Gasteiger partial charge in [0.15, 0.2) is 5.78 Å². The van der Waals surface area contributed by atoms with Crippen LogP contribution in [0.3, 0.4) is 0 Å². The Kier molecular flexibility index (Phi) is 8.63. The van der Waals surface area contributed by atoms with Crippen LogP contribution in [-0.4, -0.2) is 48.9 Å². The Morgan fingerprint density at radius 3 is 2.04 bits per heavy atom. The number of halogens is 1. The van der Waals surface area contributed by atoms with Crippen molar-refractivity contribution in [3.63, 3.8) is 0 Å². The van der Waals surface area contributed by atoms with E-state index in [4.69, 9.17) is 0 Å². The van der Waals surface area contributed by atoms with Gasteiger partial charge in [-0.05, 0) is 12.1 Å². The lowest BCUT2D eigenvalue weighted by Gasteiger charge is -2.40. The molecule has 0 bridgehead atoms. The van der Waals surface area contributed by atoms with E-state index in [2.05, 4.69) is 12.4 Å². The summed E-state index contributed by atoms with van der Waals surface area (Å²) in [5, 5.41) is 3.17. The summed E-state index contributed by atoms with van der Waals surface area (Å²) in [7, 11) is 2.27. The Labute approximate surface area is 184 Å². The Hall–Kier alpha value is -1.73. The largest absolute Gasteiger partial charge is 1.00 e. The standard InChI is InChI=1S/C23H28N2O2.HI/c1-25(16-8-13-22(26)19-9-4-2-5-10-19)17-14-21(15-18-25)24-23(27)20-11-6-3-7-12-20;/h2-7,9-12,21H,8,13-18H2,1H3;1H. The van der Waals surface area contributed by atoms with Gasteiger partial charge in [-0.2, -0.15) is 0 Å². The molecule has 1 heterocycles. The van der Waals surface area contributed by atoms with Crippen molar-refractivity contribution in [2.45, 2.75) is 31.7 Å². The predicted molar refractivity (Wildman–Crippen MR) is 108 cm³/mol. The fourth-order valence-corrected chi connectivity index (χ4v) is 3.81. The number of carbonyl (C=O) groups is 2. The zero-order valence-electron chi connectivity index (χ0n) is 16.4. The van der Waals surface area contributed by atoms with E-state index in [1.165, 1.54) is 0 Å². The summed E-state index contributed by atoms with van der Waals surface area (Å²) >= 11 is 0. The molecule has 1 amide bonds. The zero-order valence-corrected chi connectivity index (χ0v) is 18.6. The number of ketones is 1. The molecule has 1 fully saturated rings. The van der Waals surface area contributed by atoms with Gasteiger partial charge >= 0.3 is 0 Å². The summed E-state index contributed by atoms with van der Waals surface area (Å²) in [4.78, 5) is 24.5. The van der Waals surface area contributed by atoms with E-state index >= 15 is 0 Å². The maximum absolute atomic E-state index is 12.3. The summed E-state index contributed by atoms with van der Waals surface area (Å²) in [5.41, 5.74) is 1.53. The first-order chi connectivity index (χ1) is 13.1. The smallest absolute Gasteiger partial charge is 0.251 e. The van der Waals surface area contributed by atoms with Crippen molar-refractivity contribution in [3.8, 4) is 0 Å². The molecule has 28 heavy (non-hydrogen) atoms. The molecule has 5 heteroatoms. The number of benzene rings is 2. The maximum atomic E-state index is 12.3. The minimum Gasteiger partial charge on any atom is -1.00 e. The molecule has 0 aromatic heterocycles. The Morgan fingerprint density at radius 1 is 0.929 bits per heavy atom. The van der Waals surface area contributed by atoms with Crippen LogP contribution in [0.5, 0.6) is 0 Å². The minimum absolute atomic E-state index is 0. The molecule has 4 nitrogen and oxygen atoms in total. The number of likely N-dealkylation sites (tertiary alicyclic amines) is 1. The number of quaternary nitrogens is 1. The van der Waals surface area contributed by atoms with Crippen molar-refractivity contribution in [2.24, 2.45) is 0 Å². The van der Waals surface area contributed by atoms with E-state index in [0.717, 1.165) is 54.5 Å². The van der Waals surface area contributed by atoms with Crippen molar-refractivity contribution in [1.29, 1.82) is 0 Å². The van der Waals surface area contributed by atoms with Crippen molar-refractivity contribution >= 4 is 11.7 Å². The lowest BCUT2D eigenvalue weighted by atomic mass is 10.0. The van der Waals surface area contributed by atoms with Gasteiger partial charge in [-0.3, -0.25) is 9.59 Å². The third-order valence-corrected chi connectivity index (χ3v) is 5.60. The Morgan fingerprint density at radius 2 is 1.46 bits per heavy atom. The molecule has 150 valence electrons. The summed E-state index contributed by atoms with van der Waals surface area (Å²) in [6.45, 7) is 3.09. The van der Waals surface area contributed by atoms with E-state index < -0.39 is 0 Å². The monoisotopic (exact) mass is 492 g/mol. The predicted octanol–water partition coefficient (Wildman–Crippen LogP) is 0.693. The summed E-state index contributed by atoms with van der Waals surface area (Å²) in [6.07, 6.45) is 3.49. The maximum Gasteiger partial charge on any atom is 0.251 e. The zero-order chi connectivity index (χ0) is 19.1. The number of carbonyl (C=O) groups excluding carboxylic acids is 2. The van der Waals surface area contributed by atoms with E-state index in [1.54, 1.807) is 0 Å². The molecule has 0 saturated carbocycles. The number of nitrogens with zero attached hydrogens (tertiary/aromatic N) is 1. The topological polar surface area (TPSA) is 46.2 Å². The van der Waals surface area contributed by atoms with Gasteiger partial charge in [0.25, 0.3) is 5.91 Å². The molecule has 1 saturated heterocycles. The fraction of sp³-hybridized carbons (Fsp3) is 0.391. The SMILES string of the molecule is C[N+]1(CCCC(=O)c2ccccc2)CCC(NC(=O)c2ccccc2)CC1.[I-]. The van der Waals surface area contributed by atoms with Crippen molar-refractivity contribution in [1.82, 2.24) is 5.32 Å². The van der Waals surface area contributed by atoms with Gasteiger partial charge in [0.2, 0.25) is 0 Å². The summed E-state index contributed by atoms with van der Waals surface area (Å²) in [5.74, 6) is 0.248. The van der Waals surface area contributed by atoms with Crippen LogP contribution in [0.2, 0.25) is 0 Å². The lowest BCUT2D eigenvalue weighted by Crippen LogP contribution is -3.00. The van der Waals surface area contributed by atoms with E-state index in [9.17, 15) is 9.59 Å². The molecule has 0 aliphatic carbocycles. The molecular formula is C23H29IN2O2. The Bertz CT molecular complexity index is 757. The van der Waals surface area contributed by atoms with Crippen molar-refractivity contribution in [3.05, 3.63) is 71.8 Å². The van der Waals surface area contributed by atoms with Crippen LogP contribution in [0.4, 0.5) is 0 Å². The number of nitrogens with one attached hydrogen (secondary N) is 1. The lowest BCUT2D eigenvalue weighted by molar-refractivity contribution is -0.914. The first-order valence-corrected chi connectivity index (χ1v) is 9.83. The van der Waals surface area contributed by atoms with Crippen LogP contribution in [0.25, 0.3) is 0 Å². The number of piperidine rings is 1. The molecule has 3 rings (SSSR count). The molecule has 0 unspecified atom stereocenters. The first-order valence-electron chi connectivity index (χ1n) is 9.83. The number of rotatable bonds is 7. The van der Waals surface area contributed by atoms with Crippen LogP contribution in [0.15, 0.2) is 60.7 Å². The summed E-state index contributed by atoms with van der Waals surface area (Å²) in [6, 6.07) is 19.2. The third kappa shape index (κ3) is 6.41. The van der Waals surface area contributed by atoms with Gasteiger partial charge in [0.05, 0.1) is 26.7 Å². The van der Waals surface area contributed by atoms with E-state index in [1.807, 2.05) is 60.7 Å². The van der Waals surface area contributed by atoms with E-state index in [0.29, 0.717) is 6.42 Å². The third-order valence-electron chi connectivity index (χ3n) is 5.60. The normalized spacial score (nSPS) is 21.4. The molecule has 2 aromatic rings. The van der Waals surface area contributed by atoms with Crippen molar-refractivity contribution in [2.75, 3.05) is 26.7 Å². The highest BCUT2D eigenvalue weighted by atomic mass is 127. The molecule has 0 atom stereocenters. The van der Waals surface area contributed by atoms with Gasteiger partial charge < -0.3 is 33.8 Å². The minimum atomic E-state index is 0. The highest BCUT2D eigenvalue weighted by Gasteiger charge is 2.30. The summed E-state index contributed by atoms with van der Waals surface area (Å²) < 4.78 is 0.986. The van der Waals surface area contributed by atoms with Gasteiger partial charge in [-0.15, -0.1) is 0 Å². The molecule has 2 aromatic carbocycles. The quantitative estimate of drug-likeness (QED) is 0.352.